The van der Waals surface area contributed by atoms with Crippen LogP contribution in [0.1, 0.15) is 11.4 Å². The summed E-state index contributed by atoms with van der Waals surface area (Å²) in [6.07, 6.45) is -3.73. The summed E-state index contributed by atoms with van der Waals surface area (Å²) in [7, 11) is -4.00. The zero-order valence-corrected chi connectivity index (χ0v) is 15.8. The van der Waals surface area contributed by atoms with Gasteiger partial charge < -0.3 is 0 Å². The maximum atomic E-state index is 12.8. The Bertz CT molecular complexity index is 1090. The number of fused-ring (bicyclic) bond motifs is 1. The summed E-state index contributed by atoms with van der Waals surface area (Å²) in [6, 6.07) is 6.25. The van der Waals surface area contributed by atoms with E-state index in [0.29, 0.717) is 4.47 Å². The zero-order valence-electron chi connectivity index (χ0n) is 12.6. The number of hydrogen-bond acceptors (Lipinski definition) is 4. The van der Waals surface area contributed by atoms with Crippen LogP contribution in [0.15, 0.2) is 45.9 Å². The molecule has 0 aliphatic rings. The summed E-state index contributed by atoms with van der Waals surface area (Å²) < 4.78 is 67.2. The molecule has 0 unspecified atom stereocenters. The number of pyridine rings is 1. The second kappa shape index (κ2) is 6.80. The predicted octanol–water partition coefficient (Wildman–Crippen LogP) is 3.64. The van der Waals surface area contributed by atoms with E-state index in [1.807, 2.05) is 0 Å². The van der Waals surface area contributed by atoms with E-state index in [0.717, 1.165) is 22.7 Å². The molecule has 1 aromatic carbocycles. The molecule has 0 radical (unpaired) electrons. The molecule has 26 heavy (non-hydrogen) atoms. The van der Waals surface area contributed by atoms with Crippen molar-refractivity contribution < 1.29 is 21.6 Å². The molecule has 6 nitrogen and oxygen atoms in total. The molecular formula is C14H9BrClF3N4O2S. The molecule has 0 bridgehead atoms. The average Bonchev–Trinajstić information content (AvgIpc) is 2.94. The Hall–Kier alpha value is -1.69. The van der Waals surface area contributed by atoms with Gasteiger partial charge in [0.15, 0.2) is 11.5 Å². The van der Waals surface area contributed by atoms with E-state index in [9.17, 15) is 21.6 Å². The molecule has 0 saturated carbocycles. The Balaban J connectivity index is 1.89. The summed E-state index contributed by atoms with van der Waals surface area (Å²) in [5.74, 6) is 0.00269. The van der Waals surface area contributed by atoms with Crippen molar-refractivity contribution in [1.82, 2.24) is 19.3 Å². The maximum absolute atomic E-state index is 12.8. The van der Waals surface area contributed by atoms with Crippen LogP contribution in [0.25, 0.3) is 5.65 Å². The minimum Gasteiger partial charge on any atom is -0.285 e. The van der Waals surface area contributed by atoms with Gasteiger partial charge in [-0.3, -0.25) is 4.40 Å². The Kier molecular flexibility index (Phi) is 4.99. The Morgan fingerprint density at radius 2 is 1.92 bits per heavy atom. The predicted molar refractivity (Wildman–Crippen MR) is 91.2 cm³/mol. The fourth-order valence-electron chi connectivity index (χ4n) is 2.16. The summed E-state index contributed by atoms with van der Waals surface area (Å²) in [4.78, 5) is -0.160. The minimum atomic E-state index is -4.54. The number of nitrogens with zero attached hydrogens (tertiary/aromatic N) is 3. The van der Waals surface area contributed by atoms with Gasteiger partial charge in [0, 0.05) is 10.7 Å². The lowest BCUT2D eigenvalue weighted by Gasteiger charge is -2.09. The summed E-state index contributed by atoms with van der Waals surface area (Å²) in [6.45, 7) is -0.364. The zero-order chi connectivity index (χ0) is 19.1. The fourth-order valence-corrected chi connectivity index (χ4v) is 4.17. The van der Waals surface area contributed by atoms with Gasteiger partial charge in [0.1, 0.15) is 4.90 Å². The molecule has 2 heterocycles. The first-order valence-corrected chi connectivity index (χ1v) is 9.59. The molecular weight excluding hydrogens is 461 g/mol. The Morgan fingerprint density at radius 3 is 2.58 bits per heavy atom. The van der Waals surface area contributed by atoms with E-state index < -0.39 is 21.8 Å². The molecule has 1 N–H and O–H groups in total. The number of halogens is 5. The van der Waals surface area contributed by atoms with Crippen molar-refractivity contribution in [3.8, 4) is 0 Å². The van der Waals surface area contributed by atoms with Gasteiger partial charge in [-0.2, -0.15) is 13.2 Å². The van der Waals surface area contributed by atoms with Crippen LogP contribution in [0.5, 0.6) is 0 Å². The van der Waals surface area contributed by atoms with Crippen molar-refractivity contribution in [2.24, 2.45) is 0 Å². The minimum absolute atomic E-state index is 0.00247. The van der Waals surface area contributed by atoms with Gasteiger partial charge in [0.2, 0.25) is 10.0 Å². The van der Waals surface area contributed by atoms with Crippen LogP contribution in [0.2, 0.25) is 5.02 Å². The number of rotatable bonds is 4. The highest BCUT2D eigenvalue weighted by Crippen LogP contribution is 2.29. The van der Waals surface area contributed by atoms with Gasteiger partial charge in [-0.05, 0) is 30.3 Å². The highest BCUT2D eigenvalue weighted by atomic mass is 79.9. The van der Waals surface area contributed by atoms with Gasteiger partial charge in [-0.1, -0.05) is 27.5 Å². The van der Waals surface area contributed by atoms with Crippen LogP contribution in [-0.2, 0) is 22.7 Å². The summed E-state index contributed by atoms with van der Waals surface area (Å²) in [5.41, 5.74) is -0.737. The van der Waals surface area contributed by atoms with Crippen molar-refractivity contribution in [1.29, 1.82) is 0 Å². The molecule has 0 saturated heterocycles. The van der Waals surface area contributed by atoms with Crippen LogP contribution in [0.4, 0.5) is 13.2 Å². The summed E-state index contributed by atoms with van der Waals surface area (Å²) >= 11 is 9.10. The molecule has 3 aromatic rings. The molecule has 138 valence electrons. The SMILES string of the molecule is O=S(=O)(NCc1nnc2ccc(C(F)(F)F)cn12)c1ccc(Br)cc1Cl. The number of sulfonamides is 1. The molecule has 0 fully saturated rings. The first-order valence-electron chi connectivity index (χ1n) is 6.93. The Labute approximate surface area is 159 Å². The van der Waals surface area contributed by atoms with Crippen LogP contribution >= 0.6 is 27.5 Å². The number of alkyl halides is 3. The van der Waals surface area contributed by atoms with E-state index in [1.165, 1.54) is 18.2 Å². The van der Waals surface area contributed by atoms with Crippen molar-refractivity contribution in [3.63, 3.8) is 0 Å². The fraction of sp³-hybridized carbons (Fsp3) is 0.143. The van der Waals surface area contributed by atoms with E-state index in [1.54, 1.807) is 0 Å². The van der Waals surface area contributed by atoms with Crippen molar-refractivity contribution in [3.05, 3.63) is 57.4 Å². The molecule has 0 aliphatic carbocycles. The van der Waals surface area contributed by atoms with Crippen LogP contribution < -0.4 is 4.72 Å². The maximum Gasteiger partial charge on any atom is 0.417 e. The second-order valence-electron chi connectivity index (χ2n) is 5.16. The monoisotopic (exact) mass is 468 g/mol. The molecule has 3 rings (SSSR count). The van der Waals surface area contributed by atoms with Gasteiger partial charge >= 0.3 is 6.18 Å². The van der Waals surface area contributed by atoms with Gasteiger partial charge in [-0.25, -0.2) is 13.1 Å². The number of aromatic nitrogens is 3. The first kappa shape index (κ1) is 19.1. The molecule has 0 atom stereocenters. The largest absolute Gasteiger partial charge is 0.417 e. The second-order valence-corrected chi connectivity index (χ2v) is 8.22. The molecule has 2 aromatic heterocycles. The standard InChI is InChI=1S/C14H9BrClF3N4O2S/c15-9-2-3-11(10(16)5-9)26(24,25)20-6-13-22-21-12-4-1-8(7-23(12)13)14(17,18)19/h1-5,7,20H,6H2. The summed E-state index contributed by atoms with van der Waals surface area (Å²) in [5, 5.41) is 7.45. The van der Waals surface area contributed by atoms with E-state index in [2.05, 4.69) is 30.8 Å². The van der Waals surface area contributed by atoms with Crippen LogP contribution in [0, 0.1) is 0 Å². The first-order chi connectivity index (χ1) is 12.1. The normalized spacial score (nSPS) is 12.7. The average molecular weight is 470 g/mol. The quantitative estimate of drug-likeness (QED) is 0.633. The van der Waals surface area contributed by atoms with Crippen molar-refractivity contribution in [2.75, 3.05) is 0 Å². The third-order valence-electron chi connectivity index (χ3n) is 3.40. The van der Waals surface area contributed by atoms with E-state index >= 15 is 0 Å². The molecule has 0 aliphatic heterocycles. The molecule has 0 spiro atoms. The van der Waals surface area contributed by atoms with E-state index in [-0.39, 0.29) is 27.9 Å². The third kappa shape index (κ3) is 3.85. The van der Waals surface area contributed by atoms with Gasteiger partial charge in [0.25, 0.3) is 0 Å². The number of benzene rings is 1. The third-order valence-corrected chi connectivity index (χ3v) is 5.78. The lowest BCUT2D eigenvalue weighted by molar-refractivity contribution is -0.137. The van der Waals surface area contributed by atoms with Crippen molar-refractivity contribution >= 4 is 43.2 Å². The van der Waals surface area contributed by atoms with Crippen LogP contribution in [0.3, 0.4) is 0 Å². The van der Waals surface area contributed by atoms with Crippen molar-refractivity contribution in [2.45, 2.75) is 17.6 Å². The van der Waals surface area contributed by atoms with Crippen LogP contribution in [-0.4, -0.2) is 23.0 Å². The highest BCUT2D eigenvalue weighted by Gasteiger charge is 2.31. The topological polar surface area (TPSA) is 76.4 Å². The van der Waals surface area contributed by atoms with Gasteiger partial charge in [0.05, 0.1) is 17.1 Å². The smallest absolute Gasteiger partial charge is 0.285 e. The molecule has 0 amide bonds. The number of nitrogens with one attached hydrogen (secondary N) is 1. The number of hydrogen-bond donors (Lipinski definition) is 1. The lowest BCUT2D eigenvalue weighted by atomic mass is 10.3. The highest BCUT2D eigenvalue weighted by molar-refractivity contribution is 9.10. The van der Waals surface area contributed by atoms with Gasteiger partial charge in [-0.15, -0.1) is 10.2 Å². The molecule has 12 heteroatoms. The lowest BCUT2D eigenvalue weighted by Crippen LogP contribution is -2.24. The van der Waals surface area contributed by atoms with E-state index in [4.69, 9.17) is 11.6 Å². The Morgan fingerprint density at radius 1 is 1.19 bits per heavy atom.